The fourth-order valence-electron chi connectivity index (χ4n) is 1.83. The molecule has 0 saturated carbocycles. The van der Waals surface area contributed by atoms with Crippen LogP contribution in [0.4, 0.5) is 18.0 Å². The topological polar surface area (TPSA) is 75.7 Å². The van der Waals surface area contributed by atoms with Gasteiger partial charge in [0, 0.05) is 12.1 Å². The zero-order chi connectivity index (χ0) is 18.3. The molecule has 0 atom stereocenters. The fraction of sp³-hybridized carbons (Fsp3) is 0.400. The Kier molecular flexibility index (Phi) is 6.75. The number of likely N-dealkylation sites (N-methyl/N-ethyl adjacent to an activating group) is 1. The number of carbonyl (C=O) groups excluding carboxylic acids is 3. The average molecular weight is 346 g/mol. The molecule has 0 aliphatic rings. The van der Waals surface area contributed by atoms with Crippen LogP contribution < -0.4 is 5.32 Å². The summed E-state index contributed by atoms with van der Waals surface area (Å²) in [6.45, 7) is 2.78. The van der Waals surface area contributed by atoms with Crippen LogP contribution >= 0.6 is 0 Å². The van der Waals surface area contributed by atoms with Gasteiger partial charge in [0.05, 0.1) is 12.2 Å². The van der Waals surface area contributed by atoms with Gasteiger partial charge in [-0.2, -0.15) is 13.2 Å². The van der Waals surface area contributed by atoms with Gasteiger partial charge in [-0.15, -0.1) is 0 Å². The van der Waals surface area contributed by atoms with E-state index >= 15 is 0 Å². The number of hydrogen-bond donors (Lipinski definition) is 1. The summed E-state index contributed by atoms with van der Waals surface area (Å²) in [5.41, 5.74) is -1.16. The molecule has 24 heavy (non-hydrogen) atoms. The lowest BCUT2D eigenvalue weighted by atomic mass is 10.1. The van der Waals surface area contributed by atoms with E-state index in [4.69, 9.17) is 0 Å². The Bertz CT molecular complexity index is 617. The van der Waals surface area contributed by atoms with Crippen molar-refractivity contribution < 1.29 is 32.3 Å². The minimum Gasteiger partial charge on any atom is -0.450 e. The maximum Gasteiger partial charge on any atom is 0.416 e. The molecule has 0 aliphatic carbocycles. The number of alkyl carbamates (subject to hydrolysis) is 1. The molecule has 3 amide bonds. The fourth-order valence-corrected chi connectivity index (χ4v) is 1.83. The molecule has 0 saturated heterocycles. The van der Waals surface area contributed by atoms with Crippen molar-refractivity contribution in [3.63, 3.8) is 0 Å². The van der Waals surface area contributed by atoms with E-state index in [9.17, 15) is 27.6 Å². The molecule has 0 spiro atoms. The Morgan fingerprint density at radius 1 is 1.21 bits per heavy atom. The molecule has 6 nitrogen and oxygen atoms in total. The second-order valence-corrected chi connectivity index (χ2v) is 4.67. The van der Waals surface area contributed by atoms with E-state index < -0.39 is 36.2 Å². The van der Waals surface area contributed by atoms with Crippen LogP contribution in [0.25, 0.3) is 0 Å². The van der Waals surface area contributed by atoms with Gasteiger partial charge in [0.25, 0.3) is 5.91 Å². The Morgan fingerprint density at radius 3 is 2.42 bits per heavy atom. The monoisotopic (exact) mass is 346 g/mol. The van der Waals surface area contributed by atoms with E-state index in [1.54, 1.807) is 13.8 Å². The van der Waals surface area contributed by atoms with E-state index in [1.165, 1.54) is 6.07 Å². The highest BCUT2D eigenvalue weighted by molar-refractivity contribution is 5.99. The summed E-state index contributed by atoms with van der Waals surface area (Å²) < 4.78 is 42.6. The highest BCUT2D eigenvalue weighted by Gasteiger charge is 2.31. The van der Waals surface area contributed by atoms with Crippen molar-refractivity contribution >= 4 is 17.9 Å². The minimum atomic E-state index is -4.57. The lowest BCUT2D eigenvalue weighted by molar-refractivity contribution is -0.137. The summed E-state index contributed by atoms with van der Waals surface area (Å²) in [4.78, 5) is 36.1. The zero-order valence-electron chi connectivity index (χ0n) is 13.1. The van der Waals surface area contributed by atoms with Crippen LogP contribution in [-0.2, 0) is 15.7 Å². The Hall–Kier alpha value is -2.58. The van der Waals surface area contributed by atoms with E-state index in [-0.39, 0.29) is 18.7 Å². The van der Waals surface area contributed by atoms with E-state index in [0.29, 0.717) is 6.07 Å². The number of ether oxygens (including phenoxy) is 1. The van der Waals surface area contributed by atoms with Gasteiger partial charge in [-0.05, 0) is 32.0 Å². The van der Waals surface area contributed by atoms with Crippen molar-refractivity contribution in [3.8, 4) is 0 Å². The van der Waals surface area contributed by atoms with Crippen molar-refractivity contribution in [1.29, 1.82) is 0 Å². The second kappa shape index (κ2) is 8.32. The second-order valence-electron chi connectivity index (χ2n) is 4.67. The third kappa shape index (κ3) is 5.56. The van der Waals surface area contributed by atoms with E-state index in [2.05, 4.69) is 4.74 Å². The molecule has 0 aromatic heterocycles. The summed E-state index contributed by atoms with van der Waals surface area (Å²) in [6.07, 6.45) is -5.53. The van der Waals surface area contributed by atoms with Crippen molar-refractivity contribution in [1.82, 2.24) is 10.2 Å². The molecule has 1 aromatic rings. The highest BCUT2D eigenvalue weighted by Crippen LogP contribution is 2.29. The number of rotatable bonds is 5. The molecule has 1 aromatic carbocycles. The molecular formula is C15H17F3N2O4. The largest absolute Gasteiger partial charge is 0.450 e. The normalized spacial score (nSPS) is 10.9. The summed E-state index contributed by atoms with van der Waals surface area (Å²) in [5, 5.41) is 1.91. The molecule has 0 bridgehead atoms. The first kappa shape index (κ1) is 19.5. The molecular weight excluding hydrogens is 329 g/mol. The highest BCUT2D eigenvalue weighted by atomic mass is 19.4. The number of nitrogens with zero attached hydrogens (tertiary/aromatic N) is 1. The third-order valence-electron chi connectivity index (χ3n) is 2.96. The number of nitrogens with one attached hydrogen (secondary N) is 1. The SMILES string of the molecule is CCOC(=O)NC(=O)CN(CC)C(=O)c1cccc(C(F)(F)F)c1. The van der Waals surface area contributed by atoms with Crippen molar-refractivity contribution in [2.75, 3.05) is 19.7 Å². The minimum absolute atomic E-state index is 0.0692. The number of carbonyl (C=O) groups is 3. The first-order valence-electron chi connectivity index (χ1n) is 7.12. The molecule has 1 N–H and O–H groups in total. The summed E-state index contributed by atoms with van der Waals surface area (Å²) >= 11 is 0. The number of hydrogen-bond acceptors (Lipinski definition) is 4. The third-order valence-corrected chi connectivity index (χ3v) is 2.96. The van der Waals surface area contributed by atoms with Crippen LogP contribution in [0, 0.1) is 0 Å². The number of amides is 3. The van der Waals surface area contributed by atoms with E-state index in [1.807, 2.05) is 5.32 Å². The van der Waals surface area contributed by atoms with Crippen molar-refractivity contribution in [2.24, 2.45) is 0 Å². The van der Waals surface area contributed by atoms with Crippen molar-refractivity contribution in [3.05, 3.63) is 35.4 Å². The van der Waals surface area contributed by atoms with Gasteiger partial charge in [-0.1, -0.05) is 6.07 Å². The van der Waals surface area contributed by atoms with Gasteiger partial charge >= 0.3 is 12.3 Å². The number of imide groups is 1. The quantitative estimate of drug-likeness (QED) is 0.889. The van der Waals surface area contributed by atoms with Gasteiger partial charge in [0.1, 0.15) is 6.54 Å². The van der Waals surface area contributed by atoms with Crippen LogP contribution in [0.3, 0.4) is 0 Å². The molecule has 0 fully saturated rings. The molecule has 1 rings (SSSR count). The summed E-state index contributed by atoms with van der Waals surface area (Å²) in [6, 6.07) is 3.90. The first-order chi connectivity index (χ1) is 11.2. The van der Waals surface area contributed by atoms with E-state index in [0.717, 1.165) is 17.0 Å². The maximum atomic E-state index is 12.7. The first-order valence-corrected chi connectivity index (χ1v) is 7.12. The van der Waals surface area contributed by atoms with Gasteiger partial charge < -0.3 is 9.64 Å². The van der Waals surface area contributed by atoms with Crippen LogP contribution in [0.1, 0.15) is 29.8 Å². The Labute approximate surface area is 136 Å². The summed E-state index contributed by atoms with van der Waals surface area (Å²) in [5.74, 6) is -1.54. The smallest absolute Gasteiger partial charge is 0.416 e. The predicted molar refractivity (Wildman–Crippen MR) is 78.2 cm³/mol. The van der Waals surface area contributed by atoms with Crippen molar-refractivity contribution in [2.45, 2.75) is 20.0 Å². The summed E-state index contributed by atoms with van der Waals surface area (Å²) in [7, 11) is 0. The van der Waals surface area contributed by atoms with Gasteiger partial charge in [-0.3, -0.25) is 14.9 Å². The van der Waals surface area contributed by atoms with Gasteiger partial charge in [0.15, 0.2) is 0 Å². The molecule has 9 heteroatoms. The molecule has 0 aliphatic heterocycles. The van der Waals surface area contributed by atoms with Crippen LogP contribution in [-0.4, -0.2) is 42.5 Å². The number of benzene rings is 1. The number of halogens is 3. The Morgan fingerprint density at radius 2 is 1.88 bits per heavy atom. The van der Waals surface area contributed by atoms with Gasteiger partial charge in [0.2, 0.25) is 5.91 Å². The lowest BCUT2D eigenvalue weighted by Gasteiger charge is -2.20. The molecule has 0 unspecified atom stereocenters. The molecule has 0 radical (unpaired) electrons. The van der Waals surface area contributed by atoms with Crippen LogP contribution in [0.2, 0.25) is 0 Å². The standard InChI is InChI=1S/C15H17F3N2O4/c1-3-20(9-12(21)19-14(23)24-4-2)13(22)10-6-5-7-11(8-10)15(16,17)18/h5-8H,3-4,9H2,1-2H3,(H,19,21,23). The molecule has 132 valence electrons. The zero-order valence-corrected chi connectivity index (χ0v) is 13.1. The molecule has 0 heterocycles. The van der Waals surface area contributed by atoms with Crippen LogP contribution in [0.15, 0.2) is 24.3 Å². The van der Waals surface area contributed by atoms with Crippen LogP contribution in [0.5, 0.6) is 0 Å². The van der Waals surface area contributed by atoms with Gasteiger partial charge in [-0.25, -0.2) is 4.79 Å². The Balaban J connectivity index is 2.83. The lowest BCUT2D eigenvalue weighted by Crippen LogP contribution is -2.42. The predicted octanol–water partition coefficient (Wildman–Crippen LogP) is 2.44. The average Bonchev–Trinajstić information content (AvgIpc) is 2.51. The maximum absolute atomic E-state index is 12.7. The number of alkyl halides is 3.